The second-order valence-electron chi connectivity index (χ2n) is 5.42. The fourth-order valence-electron chi connectivity index (χ4n) is 2.52. The monoisotopic (exact) mass is 311 g/mol. The third-order valence-electron chi connectivity index (χ3n) is 3.90. The van der Waals surface area contributed by atoms with E-state index in [4.69, 9.17) is 0 Å². The smallest absolute Gasteiger partial charge is 0.241 e. The summed E-state index contributed by atoms with van der Waals surface area (Å²) < 4.78 is 25.0. The van der Waals surface area contributed by atoms with Crippen molar-refractivity contribution in [3.63, 3.8) is 0 Å². The van der Waals surface area contributed by atoms with E-state index in [2.05, 4.69) is 0 Å². The molecule has 1 aromatic carbocycles. The van der Waals surface area contributed by atoms with Crippen LogP contribution >= 0.6 is 0 Å². The van der Waals surface area contributed by atoms with E-state index in [1.54, 1.807) is 4.90 Å². The van der Waals surface area contributed by atoms with Crippen molar-refractivity contribution in [1.29, 1.82) is 0 Å². The van der Waals surface area contributed by atoms with Gasteiger partial charge < -0.3 is 10.0 Å². The highest BCUT2D eigenvalue weighted by Crippen LogP contribution is 2.21. The Labute approximate surface area is 125 Å². The minimum absolute atomic E-state index is 0.000415. The lowest BCUT2D eigenvalue weighted by molar-refractivity contribution is -0.130. The van der Waals surface area contributed by atoms with Crippen LogP contribution in [-0.4, -0.2) is 42.7 Å². The number of carbonyl (C=O) groups is 1. The molecule has 1 N–H and O–H groups in total. The molecule has 2 rings (SSSR count). The van der Waals surface area contributed by atoms with Gasteiger partial charge >= 0.3 is 0 Å². The molecule has 1 fully saturated rings. The Morgan fingerprint density at radius 2 is 1.62 bits per heavy atom. The predicted octanol–water partition coefficient (Wildman–Crippen LogP) is 1.96. The Kier molecular flexibility index (Phi) is 4.88. The zero-order chi connectivity index (χ0) is 15.5. The van der Waals surface area contributed by atoms with Crippen molar-refractivity contribution in [3.05, 3.63) is 24.3 Å². The Hall–Kier alpha value is -1.56. The zero-order valence-electron chi connectivity index (χ0n) is 12.2. The van der Waals surface area contributed by atoms with E-state index >= 15 is 0 Å². The molecule has 0 bridgehead atoms. The molecule has 1 atom stereocenters. The number of sulfone groups is 1. The Bertz CT molecular complexity index is 587. The number of nitrogens with zero attached hydrogens (tertiary/aromatic N) is 1. The van der Waals surface area contributed by atoms with Crippen LogP contribution in [0.5, 0.6) is 5.75 Å². The first-order valence-electron chi connectivity index (χ1n) is 7.24. The van der Waals surface area contributed by atoms with Crippen molar-refractivity contribution in [3.8, 4) is 5.75 Å². The van der Waals surface area contributed by atoms with Crippen molar-refractivity contribution in [2.24, 2.45) is 0 Å². The Balaban J connectivity index is 2.18. The molecule has 0 aromatic heterocycles. The summed E-state index contributed by atoms with van der Waals surface area (Å²) in [4.78, 5) is 14.2. The number of likely N-dealkylation sites (tertiary alicyclic amines) is 1. The number of phenols is 1. The zero-order valence-corrected chi connectivity index (χ0v) is 13.0. The predicted molar refractivity (Wildman–Crippen MR) is 79.8 cm³/mol. The molecule has 1 amide bonds. The molecule has 116 valence electrons. The lowest BCUT2D eigenvalue weighted by atomic mass is 10.2. The van der Waals surface area contributed by atoms with Gasteiger partial charge in [0.15, 0.2) is 9.84 Å². The van der Waals surface area contributed by atoms with Crippen LogP contribution in [0.25, 0.3) is 0 Å². The van der Waals surface area contributed by atoms with E-state index in [-0.39, 0.29) is 16.6 Å². The number of phenolic OH excluding ortho intramolecular Hbond substituents is 1. The highest BCUT2D eigenvalue weighted by Gasteiger charge is 2.33. The second kappa shape index (κ2) is 6.47. The van der Waals surface area contributed by atoms with Gasteiger partial charge in [-0.05, 0) is 44.0 Å². The minimum Gasteiger partial charge on any atom is -0.508 e. The summed E-state index contributed by atoms with van der Waals surface area (Å²) in [6.07, 6.45) is 4.03. The van der Waals surface area contributed by atoms with Crippen molar-refractivity contribution in [2.75, 3.05) is 13.1 Å². The summed E-state index contributed by atoms with van der Waals surface area (Å²) in [5.41, 5.74) is 0. The van der Waals surface area contributed by atoms with Crippen LogP contribution in [-0.2, 0) is 14.6 Å². The fourth-order valence-corrected chi connectivity index (χ4v) is 3.86. The van der Waals surface area contributed by atoms with Gasteiger partial charge in [0.1, 0.15) is 11.0 Å². The van der Waals surface area contributed by atoms with Gasteiger partial charge in [0, 0.05) is 13.1 Å². The molecule has 1 saturated heterocycles. The van der Waals surface area contributed by atoms with E-state index in [9.17, 15) is 18.3 Å². The first-order chi connectivity index (χ1) is 9.93. The van der Waals surface area contributed by atoms with Crippen molar-refractivity contribution in [2.45, 2.75) is 42.8 Å². The normalized spacial score (nSPS) is 18.0. The standard InChI is InChI=1S/C15H21NO4S/c1-12(15(18)16-10-4-2-3-5-11-16)21(19,20)14-8-6-13(17)7-9-14/h6-9,12,17H,2-5,10-11H2,1H3. The number of aromatic hydroxyl groups is 1. The van der Waals surface area contributed by atoms with Crippen LogP contribution < -0.4 is 0 Å². The number of hydrogen-bond acceptors (Lipinski definition) is 4. The molecule has 21 heavy (non-hydrogen) atoms. The van der Waals surface area contributed by atoms with Gasteiger partial charge in [0.05, 0.1) is 4.90 Å². The maximum absolute atomic E-state index is 12.5. The molecule has 1 aromatic rings. The molecule has 1 aliphatic rings. The highest BCUT2D eigenvalue weighted by molar-refractivity contribution is 7.92. The molecule has 0 radical (unpaired) electrons. The number of benzene rings is 1. The van der Waals surface area contributed by atoms with Crippen LogP contribution in [0.2, 0.25) is 0 Å². The molecule has 0 spiro atoms. The molecule has 0 saturated carbocycles. The molecule has 1 heterocycles. The number of rotatable bonds is 3. The number of amides is 1. The van der Waals surface area contributed by atoms with Crippen LogP contribution in [0.3, 0.4) is 0 Å². The summed E-state index contributed by atoms with van der Waals surface area (Å²) >= 11 is 0. The van der Waals surface area contributed by atoms with Gasteiger partial charge in [-0.1, -0.05) is 12.8 Å². The first-order valence-corrected chi connectivity index (χ1v) is 8.79. The maximum atomic E-state index is 12.5. The molecular formula is C15H21NO4S. The van der Waals surface area contributed by atoms with Crippen LogP contribution in [0.15, 0.2) is 29.2 Å². The van der Waals surface area contributed by atoms with Gasteiger partial charge in [-0.3, -0.25) is 4.79 Å². The lowest BCUT2D eigenvalue weighted by Crippen LogP contribution is -2.42. The topological polar surface area (TPSA) is 74.7 Å². The van der Waals surface area contributed by atoms with E-state index in [1.165, 1.54) is 31.2 Å². The average molecular weight is 311 g/mol. The molecule has 0 aliphatic carbocycles. The fraction of sp³-hybridized carbons (Fsp3) is 0.533. The van der Waals surface area contributed by atoms with Gasteiger partial charge in [-0.15, -0.1) is 0 Å². The van der Waals surface area contributed by atoms with Crippen LogP contribution in [0.1, 0.15) is 32.6 Å². The molecule has 5 nitrogen and oxygen atoms in total. The van der Waals surface area contributed by atoms with Crippen molar-refractivity contribution >= 4 is 15.7 Å². The largest absolute Gasteiger partial charge is 0.508 e. The summed E-state index contributed by atoms with van der Waals surface area (Å²) in [5, 5.41) is 8.14. The van der Waals surface area contributed by atoms with E-state index in [0.29, 0.717) is 13.1 Å². The van der Waals surface area contributed by atoms with Crippen LogP contribution in [0, 0.1) is 0 Å². The SMILES string of the molecule is CC(C(=O)N1CCCCCC1)S(=O)(=O)c1ccc(O)cc1. The molecular weight excluding hydrogens is 290 g/mol. The summed E-state index contributed by atoms with van der Waals surface area (Å²) in [7, 11) is -3.72. The average Bonchev–Trinajstić information content (AvgIpc) is 2.75. The van der Waals surface area contributed by atoms with Gasteiger partial charge in [0.2, 0.25) is 5.91 Å². The first kappa shape index (κ1) is 15.8. The van der Waals surface area contributed by atoms with Crippen LogP contribution in [0.4, 0.5) is 0 Å². The Morgan fingerprint density at radius 3 is 2.14 bits per heavy atom. The number of carbonyl (C=O) groups excluding carboxylic acids is 1. The van der Waals surface area contributed by atoms with Gasteiger partial charge in [0.25, 0.3) is 0 Å². The maximum Gasteiger partial charge on any atom is 0.241 e. The second-order valence-corrected chi connectivity index (χ2v) is 7.69. The van der Waals surface area contributed by atoms with Crippen molar-refractivity contribution < 1.29 is 18.3 Å². The van der Waals surface area contributed by atoms with Crippen molar-refractivity contribution in [1.82, 2.24) is 4.90 Å². The molecule has 1 aliphatic heterocycles. The third-order valence-corrected chi connectivity index (χ3v) is 5.96. The summed E-state index contributed by atoms with van der Waals surface area (Å²) in [5.74, 6) is -0.328. The van der Waals surface area contributed by atoms with E-state index < -0.39 is 15.1 Å². The lowest BCUT2D eigenvalue weighted by Gasteiger charge is -2.24. The van der Waals surface area contributed by atoms with Gasteiger partial charge in [-0.25, -0.2) is 8.42 Å². The van der Waals surface area contributed by atoms with E-state index in [0.717, 1.165) is 25.7 Å². The minimum atomic E-state index is -3.72. The summed E-state index contributed by atoms with van der Waals surface area (Å²) in [6, 6.07) is 5.29. The highest BCUT2D eigenvalue weighted by atomic mass is 32.2. The number of hydrogen-bond donors (Lipinski definition) is 1. The summed E-state index contributed by atoms with van der Waals surface area (Å²) in [6.45, 7) is 2.71. The quantitative estimate of drug-likeness (QED) is 0.926. The molecule has 1 unspecified atom stereocenters. The van der Waals surface area contributed by atoms with Gasteiger partial charge in [-0.2, -0.15) is 0 Å². The molecule has 6 heteroatoms. The third kappa shape index (κ3) is 3.56. The van der Waals surface area contributed by atoms with E-state index in [1.807, 2.05) is 0 Å². The Morgan fingerprint density at radius 1 is 1.10 bits per heavy atom.